The van der Waals surface area contributed by atoms with Crippen LogP contribution in [0.3, 0.4) is 0 Å². The monoisotopic (exact) mass is 263 g/mol. The average molecular weight is 263 g/mol. The quantitative estimate of drug-likeness (QED) is 0.852. The van der Waals surface area contributed by atoms with Crippen molar-refractivity contribution in [2.75, 3.05) is 18.5 Å². The Hall–Kier alpha value is -1.18. The van der Waals surface area contributed by atoms with Crippen LogP contribution >= 0.6 is 0 Å². The Balaban J connectivity index is 3.57. The van der Waals surface area contributed by atoms with Crippen molar-refractivity contribution in [3.8, 4) is 5.75 Å². The zero-order valence-corrected chi connectivity index (χ0v) is 13.8. The Morgan fingerprint density at radius 2 is 1.32 bits per heavy atom. The first kappa shape index (κ1) is 15.9. The lowest BCUT2D eigenvalue weighted by Gasteiger charge is -2.30. The van der Waals surface area contributed by atoms with Gasteiger partial charge in [0, 0.05) is 30.4 Å². The van der Waals surface area contributed by atoms with E-state index in [1.807, 2.05) is 0 Å². The molecule has 0 aromatic heterocycles. The van der Waals surface area contributed by atoms with Crippen LogP contribution in [0.1, 0.15) is 59.6 Å². The first-order chi connectivity index (χ1) is 8.48. The molecule has 0 aliphatic rings. The minimum atomic E-state index is -0.0608. The molecule has 1 aromatic rings. The van der Waals surface area contributed by atoms with Crippen LogP contribution in [0.5, 0.6) is 5.75 Å². The number of aromatic hydroxyl groups is 1. The number of rotatable bonds is 2. The maximum atomic E-state index is 10.6. The highest BCUT2D eigenvalue weighted by Crippen LogP contribution is 2.41. The SMILES string of the molecule is CCN(C)c1cc(C(C)(C)C)c(O)c(C(C)(C)C)c1. The summed E-state index contributed by atoms with van der Waals surface area (Å²) in [6.45, 7) is 16.0. The molecule has 0 unspecified atom stereocenters. The summed E-state index contributed by atoms with van der Waals surface area (Å²) in [4.78, 5) is 2.21. The lowest BCUT2D eigenvalue weighted by atomic mass is 9.79. The normalized spacial score (nSPS) is 12.6. The lowest BCUT2D eigenvalue weighted by Crippen LogP contribution is -2.21. The minimum Gasteiger partial charge on any atom is -0.507 e. The van der Waals surface area contributed by atoms with Crippen molar-refractivity contribution in [3.05, 3.63) is 23.3 Å². The number of anilines is 1. The van der Waals surface area contributed by atoms with Gasteiger partial charge in [-0.1, -0.05) is 41.5 Å². The second kappa shape index (κ2) is 5.07. The maximum Gasteiger partial charge on any atom is 0.123 e. The Morgan fingerprint density at radius 3 is 1.58 bits per heavy atom. The first-order valence-corrected chi connectivity index (χ1v) is 7.07. The number of phenols is 1. The van der Waals surface area contributed by atoms with E-state index in [1.54, 1.807) is 0 Å². The third kappa shape index (κ3) is 3.43. The molecule has 0 aliphatic carbocycles. The van der Waals surface area contributed by atoms with Crippen molar-refractivity contribution >= 4 is 5.69 Å². The first-order valence-electron chi connectivity index (χ1n) is 7.07. The molecule has 0 spiro atoms. The smallest absolute Gasteiger partial charge is 0.123 e. The van der Waals surface area contributed by atoms with Gasteiger partial charge >= 0.3 is 0 Å². The summed E-state index contributed by atoms with van der Waals surface area (Å²) >= 11 is 0. The van der Waals surface area contributed by atoms with E-state index in [1.165, 1.54) is 5.69 Å². The molecule has 1 rings (SSSR count). The van der Waals surface area contributed by atoms with Crippen LogP contribution in [-0.2, 0) is 10.8 Å². The lowest BCUT2D eigenvalue weighted by molar-refractivity contribution is 0.423. The number of hydrogen-bond donors (Lipinski definition) is 1. The molecule has 1 N–H and O–H groups in total. The number of benzene rings is 1. The predicted octanol–water partition coefficient (Wildman–Crippen LogP) is 4.44. The summed E-state index contributed by atoms with van der Waals surface area (Å²) in [5.41, 5.74) is 3.10. The van der Waals surface area contributed by atoms with Crippen LogP contribution in [-0.4, -0.2) is 18.7 Å². The zero-order valence-electron chi connectivity index (χ0n) is 13.8. The van der Waals surface area contributed by atoms with Gasteiger partial charge in [-0.15, -0.1) is 0 Å². The molecule has 2 nitrogen and oxygen atoms in total. The van der Waals surface area contributed by atoms with Gasteiger partial charge in [-0.3, -0.25) is 0 Å². The van der Waals surface area contributed by atoms with Crippen molar-refractivity contribution in [1.82, 2.24) is 0 Å². The summed E-state index contributed by atoms with van der Waals surface area (Å²) in [5, 5.41) is 10.6. The summed E-state index contributed by atoms with van der Waals surface area (Å²) in [6, 6.07) is 4.24. The summed E-state index contributed by atoms with van der Waals surface area (Å²) in [6.07, 6.45) is 0. The molecule has 0 heterocycles. The molecule has 0 atom stereocenters. The molecule has 0 saturated heterocycles. The van der Waals surface area contributed by atoms with Gasteiger partial charge in [0.1, 0.15) is 5.75 Å². The van der Waals surface area contributed by atoms with Crippen molar-refractivity contribution in [3.63, 3.8) is 0 Å². The van der Waals surface area contributed by atoms with Crippen LogP contribution in [0, 0.1) is 0 Å². The van der Waals surface area contributed by atoms with Crippen molar-refractivity contribution in [1.29, 1.82) is 0 Å². The van der Waals surface area contributed by atoms with E-state index in [9.17, 15) is 5.11 Å². The molecule has 0 saturated carbocycles. The van der Waals surface area contributed by atoms with Gasteiger partial charge in [-0.05, 0) is 29.9 Å². The highest BCUT2D eigenvalue weighted by Gasteiger charge is 2.26. The molecule has 0 amide bonds. The van der Waals surface area contributed by atoms with E-state index >= 15 is 0 Å². The summed E-state index contributed by atoms with van der Waals surface area (Å²) in [5.74, 6) is 0.452. The average Bonchev–Trinajstić information content (AvgIpc) is 2.25. The summed E-state index contributed by atoms with van der Waals surface area (Å²) in [7, 11) is 2.09. The van der Waals surface area contributed by atoms with Gasteiger partial charge in [0.05, 0.1) is 0 Å². The fraction of sp³-hybridized carbons (Fsp3) is 0.647. The van der Waals surface area contributed by atoms with E-state index in [4.69, 9.17) is 0 Å². The topological polar surface area (TPSA) is 23.5 Å². The van der Waals surface area contributed by atoms with Gasteiger partial charge in [-0.25, -0.2) is 0 Å². The van der Waals surface area contributed by atoms with E-state index in [0.717, 1.165) is 17.7 Å². The number of hydrogen-bond acceptors (Lipinski definition) is 2. The second-order valence-corrected chi connectivity index (χ2v) is 7.40. The summed E-state index contributed by atoms with van der Waals surface area (Å²) < 4.78 is 0. The number of nitrogens with zero attached hydrogens (tertiary/aromatic N) is 1. The van der Waals surface area contributed by atoms with Gasteiger partial charge in [0.15, 0.2) is 0 Å². The van der Waals surface area contributed by atoms with Crippen LogP contribution in [0.25, 0.3) is 0 Å². The predicted molar refractivity (Wildman–Crippen MR) is 84.5 cm³/mol. The standard InChI is InChI=1S/C17H29NO/c1-9-18(8)12-10-13(16(2,3)4)15(19)14(11-12)17(5,6)7/h10-11,19H,9H2,1-8H3. The molecule has 1 aromatic carbocycles. The molecule has 108 valence electrons. The molecular formula is C17H29NO. The van der Waals surface area contributed by atoms with Gasteiger partial charge in [0.25, 0.3) is 0 Å². The number of phenolic OH excluding ortho intramolecular Hbond substituents is 1. The molecular weight excluding hydrogens is 234 g/mol. The largest absolute Gasteiger partial charge is 0.507 e. The molecule has 19 heavy (non-hydrogen) atoms. The Kier molecular flexibility index (Phi) is 4.23. The van der Waals surface area contributed by atoms with E-state index in [0.29, 0.717) is 5.75 Å². The minimum absolute atomic E-state index is 0.0608. The zero-order chi connectivity index (χ0) is 15.0. The van der Waals surface area contributed by atoms with Gasteiger partial charge in [-0.2, -0.15) is 0 Å². The second-order valence-electron chi connectivity index (χ2n) is 7.40. The van der Waals surface area contributed by atoms with Gasteiger partial charge < -0.3 is 10.0 Å². The van der Waals surface area contributed by atoms with Crippen LogP contribution < -0.4 is 4.90 Å². The van der Waals surface area contributed by atoms with Crippen molar-refractivity contribution in [2.45, 2.75) is 59.3 Å². The van der Waals surface area contributed by atoms with E-state index in [-0.39, 0.29) is 10.8 Å². The van der Waals surface area contributed by atoms with E-state index in [2.05, 4.69) is 72.5 Å². The van der Waals surface area contributed by atoms with Gasteiger partial charge in [0.2, 0.25) is 0 Å². The van der Waals surface area contributed by atoms with E-state index < -0.39 is 0 Å². The third-order valence-corrected chi connectivity index (χ3v) is 3.63. The van der Waals surface area contributed by atoms with Crippen molar-refractivity contribution in [2.24, 2.45) is 0 Å². The highest BCUT2D eigenvalue weighted by atomic mass is 16.3. The Bertz CT molecular complexity index is 414. The Morgan fingerprint density at radius 1 is 0.947 bits per heavy atom. The molecule has 0 fully saturated rings. The maximum absolute atomic E-state index is 10.6. The van der Waals surface area contributed by atoms with Crippen LogP contribution in [0.4, 0.5) is 5.69 Å². The third-order valence-electron chi connectivity index (χ3n) is 3.63. The molecule has 0 aliphatic heterocycles. The fourth-order valence-electron chi connectivity index (χ4n) is 2.17. The Labute approximate surface area is 118 Å². The molecule has 0 radical (unpaired) electrons. The molecule has 0 bridgehead atoms. The van der Waals surface area contributed by atoms with Crippen molar-refractivity contribution < 1.29 is 5.11 Å². The molecule has 2 heteroatoms. The van der Waals surface area contributed by atoms with Crippen LogP contribution in [0.15, 0.2) is 12.1 Å². The fourth-order valence-corrected chi connectivity index (χ4v) is 2.17. The highest BCUT2D eigenvalue weighted by molar-refractivity contribution is 5.60. The van der Waals surface area contributed by atoms with Crippen LogP contribution in [0.2, 0.25) is 0 Å².